The molecule has 29 heavy (non-hydrogen) atoms. The van der Waals surface area contributed by atoms with Gasteiger partial charge in [0.15, 0.2) is 15.0 Å². The number of sulfone groups is 1. The normalized spacial score (nSPS) is 22.4. The number of hydrogen-bond acceptors (Lipinski definition) is 6. The monoisotopic (exact) mass is 454 g/mol. The third-order valence-electron chi connectivity index (χ3n) is 5.07. The lowest BCUT2D eigenvalue weighted by atomic mass is 10.1. The molecule has 9 heteroatoms. The average molecular weight is 455 g/mol. The van der Waals surface area contributed by atoms with E-state index < -0.39 is 15.7 Å². The minimum Gasteiger partial charge on any atom is -0.497 e. The van der Waals surface area contributed by atoms with E-state index in [0.717, 1.165) is 23.1 Å². The van der Waals surface area contributed by atoms with Gasteiger partial charge in [0.2, 0.25) is 0 Å². The summed E-state index contributed by atoms with van der Waals surface area (Å²) in [6.07, 6.45) is 0.833. The Labute approximate surface area is 178 Å². The van der Waals surface area contributed by atoms with E-state index in [-0.39, 0.29) is 28.6 Å². The standard InChI is InChI=1S/C20H20ClFN2O3S2/c1-27-15-5-2-13(3-6-15)8-9-28-20-23-18-11-29(25,26)12-19(18)24(20)14-4-7-17(22)16(21)10-14/h2-7,10,18-19H,8-9,11-12H2,1H3/t18-,19-/m1/s1. The molecule has 0 amide bonds. The molecule has 0 N–H and O–H groups in total. The summed E-state index contributed by atoms with van der Waals surface area (Å²) in [5, 5.41) is 0.764. The smallest absolute Gasteiger partial charge is 0.164 e. The van der Waals surface area contributed by atoms with Crippen molar-refractivity contribution in [1.29, 1.82) is 0 Å². The number of benzene rings is 2. The quantitative estimate of drug-likeness (QED) is 0.687. The fraction of sp³-hybridized carbons (Fsp3) is 0.350. The number of aliphatic imine (C=N–C) groups is 1. The van der Waals surface area contributed by atoms with Crippen LogP contribution in [0.15, 0.2) is 47.5 Å². The topological polar surface area (TPSA) is 59.0 Å². The lowest BCUT2D eigenvalue weighted by molar-refractivity contribution is 0.414. The van der Waals surface area contributed by atoms with Crippen LogP contribution < -0.4 is 9.64 Å². The van der Waals surface area contributed by atoms with Gasteiger partial charge in [-0.3, -0.25) is 4.99 Å². The van der Waals surface area contributed by atoms with E-state index >= 15 is 0 Å². The van der Waals surface area contributed by atoms with Gasteiger partial charge in [0.25, 0.3) is 0 Å². The molecule has 2 heterocycles. The maximum Gasteiger partial charge on any atom is 0.164 e. The predicted octanol–water partition coefficient (Wildman–Crippen LogP) is 3.81. The van der Waals surface area contributed by atoms with Gasteiger partial charge in [0.05, 0.1) is 35.7 Å². The highest BCUT2D eigenvalue weighted by Gasteiger charge is 2.47. The van der Waals surface area contributed by atoms with E-state index in [1.165, 1.54) is 17.7 Å². The molecular formula is C20H20ClFN2O3S2. The molecule has 0 aliphatic carbocycles. The average Bonchev–Trinajstić information content (AvgIpc) is 3.15. The number of amidine groups is 1. The molecule has 0 aromatic heterocycles. The molecule has 5 nitrogen and oxygen atoms in total. The summed E-state index contributed by atoms with van der Waals surface area (Å²) in [5.41, 5.74) is 1.84. The van der Waals surface area contributed by atoms with E-state index in [4.69, 9.17) is 16.3 Å². The van der Waals surface area contributed by atoms with Gasteiger partial charge in [-0.2, -0.15) is 0 Å². The fourth-order valence-electron chi connectivity index (χ4n) is 3.62. The Balaban J connectivity index is 1.52. The van der Waals surface area contributed by atoms with Crippen molar-refractivity contribution < 1.29 is 17.5 Å². The molecule has 0 unspecified atom stereocenters. The number of anilines is 1. The van der Waals surface area contributed by atoms with E-state index in [9.17, 15) is 12.8 Å². The SMILES string of the molecule is COc1ccc(CCSC2=N[C@@H]3CS(=O)(=O)C[C@H]3N2c2ccc(F)c(Cl)c2)cc1. The first-order valence-corrected chi connectivity index (χ1v) is 12.3. The molecular weight excluding hydrogens is 435 g/mol. The van der Waals surface area contributed by atoms with Crippen LogP contribution in [0.4, 0.5) is 10.1 Å². The van der Waals surface area contributed by atoms with Gasteiger partial charge >= 0.3 is 0 Å². The molecule has 2 atom stereocenters. The summed E-state index contributed by atoms with van der Waals surface area (Å²) in [5.74, 6) is 1.18. The van der Waals surface area contributed by atoms with Crippen molar-refractivity contribution in [3.8, 4) is 5.75 Å². The highest BCUT2D eigenvalue weighted by molar-refractivity contribution is 8.14. The van der Waals surface area contributed by atoms with Crippen LogP contribution >= 0.6 is 23.4 Å². The fourth-order valence-corrected chi connectivity index (χ4v) is 6.75. The van der Waals surface area contributed by atoms with Crippen molar-refractivity contribution >= 4 is 44.1 Å². The van der Waals surface area contributed by atoms with Crippen molar-refractivity contribution in [2.24, 2.45) is 4.99 Å². The number of rotatable bonds is 5. The Morgan fingerprint density at radius 1 is 1.24 bits per heavy atom. The number of ether oxygens (including phenoxy) is 1. The summed E-state index contributed by atoms with van der Waals surface area (Å²) < 4.78 is 43.0. The summed E-state index contributed by atoms with van der Waals surface area (Å²) in [6.45, 7) is 0. The maximum atomic E-state index is 13.6. The van der Waals surface area contributed by atoms with Crippen LogP contribution in [0.1, 0.15) is 5.56 Å². The van der Waals surface area contributed by atoms with Gasteiger partial charge in [-0.1, -0.05) is 35.5 Å². The Hall–Kier alpha value is -1.77. The number of thioether (sulfide) groups is 1. The first-order valence-electron chi connectivity index (χ1n) is 9.14. The molecule has 0 spiro atoms. The molecule has 0 radical (unpaired) electrons. The van der Waals surface area contributed by atoms with Crippen LogP contribution in [0.25, 0.3) is 0 Å². The zero-order valence-corrected chi connectivity index (χ0v) is 18.1. The van der Waals surface area contributed by atoms with Gasteiger partial charge in [0, 0.05) is 11.4 Å². The Morgan fingerprint density at radius 3 is 2.69 bits per heavy atom. The third-order valence-corrected chi connectivity index (χ3v) is 8.03. The second kappa shape index (κ2) is 8.16. The van der Waals surface area contributed by atoms with Gasteiger partial charge in [0.1, 0.15) is 11.6 Å². The van der Waals surface area contributed by atoms with Crippen LogP contribution in [0.2, 0.25) is 5.02 Å². The number of hydrogen-bond donors (Lipinski definition) is 0. The van der Waals surface area contributed by atoms with E-state index in [1.54, 1.807) is 24.9 Å². The first-order chi connectivity index (χ1) is 13.9. The highest BCUT2D eigenvalue weighted by atomic mass is 35.5. The second-order valence-electron chi connectivity index (χ2n) is 7.04. The van der Waals surface area contributed by atoms with Crippen LogP contribution in [-0.4, -0.2) is 50.0 Å². The summed E-state index contributed by atoms with van der Waals surface area (Å²) >= 11 is 7.54. The molecule has 2 aromatic rings. The van der Waals surface area contributed by atoms with Gasteiger partial charge < -0.3 is 9.64 Å². The molecule has 2 aliphatic rings. The molecule has 1 saturated heterocycles. The summed E-state index contributed by atoms with van der Waals surface area (Å²) in [6, 6.07) is 11.8. The lowest BCUT2D eigenvalue weighted by Gasteiger charge is -2.26. The van der Waals surface area contributed by atoms with Gasteiger partial charge in [-0.25, -0.2) is 12.8 Å². The van der Waals surface area contributed by atoms with Crippen LogP contribution in [0.5, 0.6) is 5.75 Å². The van der Waals surface area contributed by atoms with E-state index in [2.05, 4.69) is 4.99 Å². The summed E-state index contributed by atoms with van der Waals surface area (Å²) in [7, 11) is -1.50. The summed E-state index contributed by atoms with van der Waals surface area (Å²) in [4.78, 5) is 6.59. The van der Waals surface area contributed by atoms with Crippen LogP contribution in [-0.2, 0) is 16.3 Å². The molecule has 2 aromatic carbocycles. The van der Waals surface area contributed by atoms with Crippen molar-refractivity contribution in [3.63, 3.8) is 0 Å². The zero-order valence-electron chi connectivity index (χ0n) is 15.7. The number of methoxy groups -OCH3 is 1. The van der Waals surface area contributed by atoms with E-state index in [0.29, 0.717) is 5.69 Å². The number of aryl methyl sites for hydroxylation is 1. The minimum absolute atomic E-state index is 0.00869. The number of nitrogens with zero attached hydrogens (tertiary/aromatic N) is 2. The van der Waals surface area contributed by atoms with Gasteiger partial charge in [-0.15, -0.1) is 0 Å². The van der Waals surface area contributed by atoms with Crippen LogP contribution in [0.3, 0.4) is 0 Å². The zero-order chi connectivity index (χ0) is 20.6. The molecule has 0 bridgehead atoms. The van der Waals surface area contributed by atoms with Crippen molar-refractivity contribution in [2.75, 3.05) is 29.3 Å². The molecule has 0 saturated carbocycles. The minimum atomic E-state index is -3.14. The Morgan fingerprint density at radius 2 is 2.00 bits per heavy atom. The second-order valence-corrected chi connectivity index (χ2v) is 10.7. The maximum absolute atomic E-state index is 13.6. The van der Waals surface area contributed by atoms with Gasteiger partial charge in [-0.05, 0) is 42.3 Å². The predicted molar refractivity (Wildman–Crippen MR) is 117 cm³/mol. The van der Waals surface area contributed by atoms with Crippen LogP contribution in [0, 0.1) is 5.82 Å². The highest BCUT2D eigenvalue weighted by Crippen LogP contribution is 2.36. The Bertz CT molecular complexity index is 1040. The lowest BCUT2D eigenvalue weighted by Crippen LogP contribution is -2.39. The Kier molecular flexibility index (Phi) is 5.77. The van der Waals surface area contributed by atoms with Crippen molar-refractivity contribution in [1.82, 2.24) is 0 Å². The number of fused-ring (bicyclic) bond motifs is 1. The third kappa shape index (κ3) is 4.39. The number of halogens is 2. The molecule has 1 fully saturated rings. The largest absolute Gasteiger partial charge is 0.497 e. The van der Waals surface area contributed by atoms with Crippen molar-refractivity contribution in [3.05, 3.63) is 58.9 Å². The first kappa shape index (κ1) is 20.5. The van der Waals surface area contributed by atoms with Crippen molar-refractivity contribution in [2.45, 2.75) is 18.5 Å². The molecule has 154 valence electrons. The van der Waals surface area contributed by atoms with E-state index in [1.807, 2.05) is 29.2 Å². The molecule has 4 rings (SSSR count). The molecule has 2 aliphatic heterocycles.